The fraction of sp³-hybridized carbons (Fsp3) is 0.333. The van der Waals surface area contributed by atoms with Gasteiger partial charge in [-0.1, -0.05) is 29.8 Å². The highest BCUT2D eigenvalue weighted by atomic mass is 16.5. The molecule has 0 radical (unpaired) electrons. The van der Waals surface area contributed by atoms with Crippen LogP contribution >= 0.6 is 0 Å². The second-order valence-corrected chi connectivity index (χ2v) is 7.04. The number of likely N-dealkylation sites (N-methyl/N-ethyl adjacent to an activating group) is 1. The average molecular weight is 392 g/mol. The Kier molecular flexibility index (Phi) is 5.53. The van der Waals surface area contributed by atoms with Gasteiger partial charge in [-0.2, -0.15) is 10.1 Å². The number of hydrazone groups is 1. The number of aromatic nitrogens is 2. The molecule has 1 saturated heterocycles. The summed E-state index contributed by atoms with van der Waals surface area (Å²) in [6.45, 7) is 4.86. The molecule has 2 aliphatic rings. The van der Waals surface area contributed by atoms with Crippen molar-refractivity contribution in [1.29, 1.82) is 0 Å². The van der Waals surface area contributed by atoms with E-state index in [2.05, 4.69) is 25.7 Å². The van der Waals surface area contributed by atoms with E-state index in [1.165, 1.54) is 5.56 Å². The Labute approximate surface area is 169 Å². The van der Waals surface area contributed by atoms with Crippen molar-refractivity contribution in [2.24, 2.45) is 5.10 Å². The number of nitrogens with one attached hydrogen (secondary N) is 2. The van der Waals surface area contributed by atoms with E-state index >= 15 is 0 Å². The second kappa shape index (κ2) is 8.40. The van der Waals surface area contributed by atoms with Gasteiger partial charge in [0.15, 0.2) is 0 Å². The van der Waals surface area contributed by atoms with Crippen LogP contribution in [0, 0.1) is 6.92 Å². The van der Waals surface area contributed by atoms with E-state index in [0.717, 1.165) is 35.7 Å². The number of carbonyl (C=O) groups excluding carboxylic acids is 1. The topological polar surface area (TPSA) is 91.7 Å². The quantitative estimate of drug-likeness (QED) is 0.595. The van der Waals surface area contributed by atoms with Crippen LogP contribution in [0.5, 0.6) is 0 Å². The summed E-state index contributed by atoms with van der Waals surface area (Å²) >= 11 is 0. The number of benzene rings is 1. The predicted octanol–water partition coefficient (Wildman–Crippen LogP) is 1.75. The van der Waals surface area contributed by atoms with Gasteiger partial charge in [0.1, 0.15) is 5.82 Å². The lowest BCUT2D eigenvalue weighted by Crippen LogP contribution is -2.37. The van der Waals surface area contributed by atoms with E-state index in [4.69, 9.17) is 9.72 Å². The molecule has 0 bridgehead atoms. The van der Waals surface area contributed by atoms with Crippen LogP contribution in [0.15, 0.2) is 34.9 Å². The van der Waals surface area contributed by atoms with Gasteiger partial charge in [-0.05, 0) is 18.6 Å². The number of nitrogens with zero attached hydrogens (tertiary/aromatic N) is 4. The summed E-state index contributed by atoms with van der Waals surface area (Å²) < 4.78 is 5.47. The van der Waals surface area contributed by atoms with Gasteiger partial charge in [0.05, 0.1) is 25.1 Å². The minimum absolute atomic E-state index is 0.0945. The minimum atomic E-state index is -0.0945. The van der Waals surface area contributed by atoms with Gasteiger partial charge in [-0.25, -0.2) is 10.4 Å². The summed E-state index contributed by atoms with van der Waals surface area (Å²) in [5.41, 5.74) is 7.52. The maximum atomic E-state index is 12.1. The molecule has 150 valence electrons. The first-order valence-corrected chi connectivity index (χ1v) is 9.66. The molecule has 29 heavy (non-hydrogen) atoms. The van der Waals surface area contributed by atoms with E-state index in [-0.39, 0.29) is 5.91 Å². The number of rotatable bonds is 5. The van der Waals surface area contributed by atoms with Gasteiger partial charge in [0, 0.05) is 37.7 Å². The number of hydrogen-bond donors (Lipinski definition) is 2. The summed E-state index contributed by atoms with van der Waals surface area (Å²) in [7, 11) is 1.63. The van der Waals surface area contributed by atoms with Crippen molar-refractivity contribution in [1.82, 2.24) is 15.3 Å². The van der Waals surface area contributed by atoms with Crippen molar-refractivity contribution in [3.8, 4) is 0 Å². The number of amides is 1. The molecule has 1 amide bonds. The highest BCUT2D eigenvalue weighted by Gasteiger charge is 2.27. The van der Waals surface area contributed by atoms with Crippen LogP contribution in [-0.4, -0.2) is 55.4 Å². The van der Waals surface area contributed by atoms with E-state index in [1.54, 1.807) is 13.3 Å². The Morgan fingerprint density at radius 1 is 1.28 bits per heavy atom. The molecule has 8 nitrogen and oxygen atoms in total. The Hall–Kier alpha value is -3.26. The molecule has 4 rings (SSSR count). The maximum Gasteiger partial charge on any atom is 0.247 e. The maximum absolute atomic E-state index is 12.1. The molecule has 2 N–H and O–H groups in total. The highest BCUT2D eigenvalue weighted by Crippen LogP contribution is 2.32. The number of carbonyl (C=O) groups is 1. The smallest absolute Gasteiger partial charge is 0.247 e. The van der Waals surface area contributed by atoms with Crippen LogP contribution in [0.4, 0.5) is 11.8 Å². The molecule has 0 atom stereocenters. The molecule has 1 aromatic heterocycles. The Morgan fingerprint density at radius 3 is 2.86 bits per heavy atom. The van der Waals surface area contributed by atoms with E-state index in [1.807, 2.05) is 37.3 Å². The monoisotopic (exact) mass is 392 g/mol. The molecule has 1 fully saturated rings. The lowest BCUT2D eigenvalue weighted by atomic mass is 10.1. The molecule has 1 aliphatic heterocycles. The van der Waals surface area contributed by atoms with Gasteiger partial charge in [0.2, 0.25) is 11.9 Å². The predicted molar refractivity (Wildman–Crippen MR) is 113 cm³/mol. The normalized spacial score (nSPS) is 15.9. The van der Waals surface area contributed by atoms with Crippen LogP contribution < -0.4 is 15.6 Å². The third-order valence-corrected chi connectivity index (χ3v) is 4.95. The Morgan fingerprint density at radius 2 is 2.10 bits per heavy atom. The molecule has 1 aliphatic carbocycles. The van der Waals surface area contributed by atoms with Gasteiger partial charge in [-0.3, -0.25) is 4.79 Å². The Bertz CT molecular complexity index is 979. The average Bonchev–Trinajstić information content (AvgIpc) is 3.17. The molecule has 0 saturated carbocycles. The fourth-order valence-electron chi connectivity index (χ4n) is 3.49. The SMILES string of the molecule is CNC(=O)C1=Cc2nc(N/N=C/c3cccc(C)c3)nc(N3CCOCC3)c2C1. The number of aryl methyl sites for hydroxylation is 1. The molecular weight excluding hydrogens is 368 g/mol. The van der Waals surface area contributed by atoms with Gasteiger partial charge in [-0.15, -0.1) is 0 Å². The number of morpholine rings is 1. The lowest BCUT2D eigenvalue weighted by molar-refractivity contribution is -0.117. The van der Waals surface area contributed by atoms with Gasteiger partial charge in [0.25, 0.3) is 0 Å². The zero-order valence-corrected chi connectivity index (χ0v) is 16.6. The molecule has 8 heteroatoms. The first-order valence-electron chi connectivity index (χ1n) is 9.66. The number of ether oxygens (including phenoxy) is 1. The second-order valence-electron chi connectivity index (χ2n) is 7.04. The number of fused-ring (bicyclic) bond motifs is 1. The lowest BCUT2D eigenvalue weighted by Gasteiger charge is -2.29. The molecule has 0 unspecified atom stereocenters. The van der Waals surface area contributed by atoms with Crippen molar-refractivity contribution in [2.75, 3.05) is 43.7 Å². The van der Waals surface area contributed by atoms with Crippen molar-refractivity contribution >= 4 is 30.0 Å². The summed E-state index contributed by atoms with van der Waals surface area (Å²) in [5.74, 6) is 1.15. The van der Waals surface area contributed by atoms with Crippen LogP contribution in [0.2, 0.25) is 0 Å². The first kappa shape index (κ1) is 19.1. The number of anilines is 2. The number of hydrogen-bond acceptors (Lipinski definition) is 7. The third kappa shape index (κ3) is 4.27. The molecule has 0 spiro atoms. The zero-order valence-electron chi connectivity index (χ0n) is 16.6. The fourth-order valence-corrected chi connectivity index (χ4v) is 3.49. The van der Waals surface area contributed by atoms with E-state index < -0.39 is 0 Å². The Balaban J connectivity index is 1.62. The van der Waals surface area contributed by atoms with Crippen molar-refractivity contribution < 1.29 is 9.53 Å². The minimum Gasteiger partial charge on any atom is -0.378 e. The van der Waals surface area contributed by atoms with Gasteiger partial charge < -0.3 is 15.0 Å². The summed E-state index contributed by atoms with van der Waals surface area (Å²) in [5, 5.41) is 6.98. The van der Waals surface area contributed by atoms with Crippen molar-refractivity contribution in [3.05, 3.63) is 52.2 Å². The third-order valence-electron chi connectivity index (χ3n) is 4.95. The molecule has 1 aromatic carbocycles. The van der Waals surface area contributed by atoms with Crippen molar-refractivity contribution in [2.45, 2.75) is 13.3 Å². The van der Waals surface area contributed by atoms with Crippen LogP contribution in [0.25, 0.3) is 6.08 Å². The van der Waals surface area contributed by atoms with E-state index in [0.29, 0.717) is 31.2 Å². The van der Waals surface area contributed by atoms with Crippen LogP contribution in [0.3, 0.4) is 0 Å². The zero-order chi connectivity index (χ0) is 20.2. The standard InChI is InChI=1S/C21H24N6O2/c1-14-4-3-5-15(10-14)13-23-26-21-24-18-12-16(20(28)22-2)11-17(18)19(25-21)27-6-8-29-9-7-27/h3-5,10,12-13H,6-9,11H2,1-2H3,(H,22,28)(H,24,25,26)/b23-13+. The van der Waals surface area contributed by atoms with Crippen LogP contribution in [-0.2, 0) is 16.0 Å². The largest absolute Gasteiger partial charge is 0.378 e. The van der Waals surface area contributed by atoms with Crippen molar-refractivity contribution in [3.63, 3.8) is 0 Å². The molecule has 2 heterocycles. The molecular formula is C21H24N6O2. The summed E-state index contributed by atoms with van der Waals surface area (Å²) in [6.07, 6.45) is 4.09. The highest BCUT2D eigenvalue weighted by molar-refractivity contribution is 6.00. The van der Waals surface area contributed by atoms with E-state index in [9.17, 15) is 4.79 Å². The van der Waals surface area contributed by atoms with Crippen LogP contribution in [0.1, 0.15) is 22.4 Å². The first-order chi connectivity index (χ1) is 14.1. The summed E-state index contributed by atoms with van der Waals surface area (Å²) in [4.78, 5) is 23.6. The van der Waals surface area contributed by atoms with Gasteiger partial charge >= 0.3 is 0 Å². The molecule has 2 aromatic rings. The summed E-state index contributed by atoms with van der Waals surface area (Å²) in [6, 6.07) is 8.06.